The summed E-state index contributed by atoms with van der Waals surface area (Å²) in [5.41, 5.74) is 0. The first kappa shape index (κ1) is 19.1. The number of hydrogen-bond donors (Lipinski definition) is 1. The predicted octanol–water partition coefficient (Wildman–Crippen LogP) is 5.23. The molecule has 19 heavy (non-hydrogen) atoms. The summed E-state index contributed by atoms with van der Waals surface area (Å²) in [6.45, 7) is 3.03. The topological polar surface area (TPSA) is 21.3 Å². The van der Waals surface area contributed by atoms with Gasteiger partial charge in [0.25, 0.3) is 0 Å². The minimum absolute atomic E-state index is 0. The van der Waals surface area contributed by atoms with Gasteiger partial charge in [-0.15, -0.1) is 12.4 Å². The van der Waals surface area contributed by atoms with Crippen LogP contribution < -0.4 is 10.1 Å². The van der Waals surface area contributed by atoms with Crippen LogP contribution in [0.15, 0.2) is 12.1 Å². The molecule has 0 fully saturated rings. The minimum Gasteiger partial charge on any atom is -0.489 e. The molecule has 0 bridgehead atoms. The van der Waals surface area contributed by atoms with E-state index in [4.69, 9.17) is 39.5 Å². The van der Waals surface area contributed by atoms with Gasteiger partial charge in [0.1, 0.15) is 10.8 Å². The van der Waals surface area contributed by atoms with E-state index < -0.39 is 0 Å². The Morgan fingerprint density at radius 1 is 1.21 bits per heavy atom. The molecule has 0 aliphatic rings. The number of nitrogens with one attached hydrogen (secondary N) is 1. The lowest BCUT2D eigenvalue weighted by atomic mass is 10.1. The zero-order valence-corrected chi connectivity index (χ0v) is 14.1. The molecular weight excluding hydrogens is 328 g/mol. The smallest absolute Gasteiger partial charge is 0.141 e. The average molecular weight is 347 g/mol. The monoisotopic (exact) mass is 345 g/mol. The van der Waals surface area contributed by atoms with Crippen LogP contribution in [0.2, 0.25) is 15.1 Å². The lowest BCUT2D eigenvalue weighted by molar-refractivity contribution is 0.180. The molecule has 1 aromatic carbocycles. The van der Waals surface area contributed by atoms with E-state index in [2.05, 4.69) is 12.2 Å². The van der Waals surface area contributed by atoms with E-state index in [-0.39, 0.29) is 18.5 Å². The van der Waals surface area contributed by atoms with Crippen LogP contribution in [0.5, 0.6) is 5.75 Å². The molecule has 1 rings (SSSR count). The summed E-state index contributed by atoms with van der Waals surface area (Å²) < 4.78 is 5.91. The normalized spacial score (nSPS) is 11.8. The minimum atomic E-state index is 0. The van der Waals surface area contributed by atoms with Crippen molar-refractivity contribution in [2.24, 2.45) is 0 Å². The molecule has 110 valence electrons. The summed E-state index contributed by atoms with van der Waals surface area (Å²) in [7, 11) is 1.92. The van der Waals surface area contributed by atoms with Crippen LogP contribution in [0, 0.1) is 0 Å². The maximum absolute atomic E-state index is 6.11. The van der Waals surface area contributed by atoms with Gasteiger partial charge in [0.15, 0.2) is 0 Å². The maximum atomic E-state index is 6.11. The van der Waals surface area contributed by atoms with Crippen molar-refractivity contribution in [1.29, 1.82) is 0 Å². The molecule has 0 amide bonds. The van der Waals surface area contributed by atoms with Gasteiger partial charge >= 0.3 is 0 Å². The van der Waals surface area contributed by atoms with Crippen LogP contribution in [-0.4, -0.2) is 19.7 Å². The fourth-order valence-corrected chi connectivity index (χ4v) is 2.32. The molecule has 1 N–H and O–H groups in total. The second kappa shape index (κ2) is 9.95. The summed E-state index contributed by atoms with van der Waals surface area (Å²) >= 11 is 18.0. The Labute approximate surface area is 136 Å². The molecule has 1 aromatic rings. The van der Waals surface area contributed by atoms with E-state index in [1.54, 1.807) is 12.1 Å². The van der Waals surface area contributed by atoms with Gasteiger partial charge in [-0.3, -0.25) is 0 Å². The predicted molar refractivity (Wildman–Crippen MR) is 86.6 cm³/mol. The quantitative estimate of drug-likeness (QED) is 0.683. The SMILES string of the molecule is CCC[C@H](CCNC)Oc1cc(Cl)cc(Cl)c1Cl.Cl. The molecule has 0 spiro atoms. The molecule has 0 saturated heterocycles. The fraction of sp³-hybridized carbons (Fsp3) is 0.538. The largest absolute Gasteiger partial charge is 0.489 e. The van der Waals surface area contributed by atoms with Crippen LogP contribution in [-0.2, 0) is 0 Å². The van der Waals surface area contributed by atoms with E-state index in [0.717, 1.165) is 25.8 Å². The van der Waals surface area contributed by atoms with Crippen LogP contribution in [0.4, 0.5) is 0 Å². The van der Waals surface area contributed by atoms with Gasteiger partial charge in [0.2, 0.25) is 0 Å². The van der Waals surface area contributed by atoms with Gasteiger partial charge in [0, 0.05) is 11.1 Å². The Morgan fingerprint density at radius 2 is 1.89 bits per heavy atom. The van der Waals surface area contributed by atoms with Crippen LogP contribution in [0.1, 0.15) is 26.2 Å². The highest BCUT2D eigenvalue weighted by atomic mass is 35.5. The van der Waals surface area contributed by atoms with Crippen molar-refractivity contribution in [3.8, 4) is 5.75 Å². The molecule has 0 unspecified atom stereocenters. The molecule has 0 aliphatic heterocycles. The molecule has 1 atom stereocenters. The average Bonchev–Trinajstić information content (AvgIpc) is 2.32. The molecule has 0 aliphatic carbocycles. The third kappa shape index (κ3) is 6.42. The summed E-state index contributed by atoms with van der Waals surface area (Å²) in [4.78, 5) is 0. The van der Waals surface area contributed by atoms with E-state index in [1.807, 2.05) is 7.05 Å². The van der Waals surface area contributed by atoms with Crippen molar-refractivity contribution in [2.45, 2.75) is 32.3 Å². The molecule has 0 heterocycles. The van der Waals surface area contributed by atoms with Crippen molar-refractivity contribution in [1.82, 2.24) is 5.32 Å². The van der Waals surface area contributed by atoms with Gasteiger partial charge in [0.05, 0.1) is 11.1 Å². The highest BCUT2D eigenvalue weighted by molar-refractivity contribution is 6.44. The number of halogens is 4. The molecule has 2 nitrogen and oxygen atoms in total. The van der Waals surface area contributed by atoms with Crippen LogP contribution >= 0.6 is 47.2 Å². The van der Waals surface area contributed by atoms with E-state index in [1.165, 1.54) is 0 Å². The number of rotatable bonds is 7. The number of benzene rings is 1. The van der Waals surface area contributed by atoms with Crippen molar-refractivity contribution in [3.63, 3.8) is 0 Å². The van der Waals surface area contributed by atoms with Crippen LogP contribution in [0.3, 0.4) is 0 Å². The van der Waals surface area contributed by atoms with E-state index in [0.29, 0.717) is 20.8 Å². The Balaban J connectivity index is 0.00000324. The summed E-state index contributed by atoms with van der Waals surface area (Å²) in [5, 5.41) is 4.49. The third-order valence-corrected chi connectivity index (χ3v) is 3.58. The molecule has 0 saturated carbocycles. The highest BCUT2D eigenvalue weighted by Gasteiger charge is 2.14. The van der Waals surface area contributed by atoms with Gasteiger partial charge in [-0.2, -0.15) is 0 Å². The van der Waals surface area contributed by atoms with E-state index >= 15 is 0 Å². The molecule has 0 radical (unpaired) electrons. The Morgan fingerprint density at radius 3 is 2.47 bits per heavy atom. The molecule has 0 aromatic heterocycles. The first-order chi connectivity index (χ1) is 8.58. The lowest BCUT2D eigenvalue weighted by Gasteiger charge is -2.20. The van der Waals surface area contributed by atoms with Crippen molar-refractivity contribution in [2.75, 3.05) is 13.6 Å². The van der Waals surface area contributed by atoms with Gasteiger partial charge in [-0.1, -0.05) is 48.1 Å². The second-order valence-corrected chi connectivity index (χ2v) is 5.34. The lowest BCUT2D eigenvalue weighted by Crippen LogP contribution is -2.22. The Kier molecular flexibility index (Phi) is 10.0. The summed E-state index contributed by atoms with van der Waals surface area (Å²) in [5.74, 6) is 0.559. The summed E-state index contributed by atoms with van der Waals surface area (Å²) in [6.07, 6.45) is 3.07. The van der Waals surface area contributed by atoms with Crippen LogP contribution in [0.25, 0.3) is 0 Å². The zero-order chi connectivity index (χ0) is 13.5. The summed E-state index contributed by atoms with van der Waals surface area (Å²) in [6, 6.07) is 3.32. The van der Waals surface area contributed by atoms with Gasteiger partial charge in [-0.25, -0.2) is 0 Å². The fourth-order valence-electron chi connectivity index (χ4n) is 1.69. The Hall–Kier alpha value is 0.140. The van der Waals surface area contributed by atoms with Gasteiger partial charge in [-0.05, 0) is 32.5 Å². The first-order valence-corrected chi connectivity index (χ1v) is 7.17. The highest BCUT2D eigenvalue weighted by Crippen LogP contribution is 2.36. The van der Waals surface area contributed by atoms with Crippen molar-refractivity contribution >= 4 is 47.2 Å². The standard InChI is InChI=1S/C13H18Cl3NO.ClH/c1-3-4-10(5-6-17-2)18-12-8-9(14)7-11(15)13(12)16;/h7-8,10,17H,3-6H2,1-2H3;1H/t10-;/m1./s1. The zero-order valence-electron chi connectivity index (χ0n) is 11.0. The third-order valence-electron chi connectivity index (χ3n) is 2.58. The number of ether oxygens (including phenoxy) is 1. The van der Waals surface area contributed by atoms with E-state index in [9.17, 15) is 0 Å². The maximum Gasteiger partial charge on any atom is 0.141 e. The van der Waals surface area contributed by atoms with Crippen molar-refractivity contribution in [3.05, 3.63) is 27.2 Å². The van der Waals surface area contributed by atoms with Crippen molar-refractivity contribution < 1.29 is 4.74 Å². The first-order valence-electron chi connectivity index (χ1n) is 6.04. The second-order valence-electron chi connectivity index (χ2n) is 4.12. The number of hydrogen-bond acceptors (Lipinski definition) is 2. The molecular formula is C13H19Cl4NO. The van der Waals surface area contributed by atoms with Gasteiger partial charge < -0.3 is 10.1 Å². The molecule has 6 heteroatoms. The Bertz CT molecular complexity index is 387.